The molecule has 1 amide bonds. The zero-order valence-corrected chi connectivity index (χ0v) is 16.2. The molecule has 5 nitrogen and oxygen atoms in total. The van der Waals surface area contributed by atoms with Gasteiger partial charge in [-0.25, -0.2) is 9.37 Å². The summed E-state index contributed by atoms with van der Waals surface area (Å²) in [5, 5.41) is 10.0. The maximum absolute atomic E-state index is 13.5. The Morgan fingerprint density at radius 3 is 2.72 bits per heavy atom. The first-order valence-corrected chi connectivity index (χ1v) is 9.82. The van der Waals surface area contributed by atoms with E-state index in [1.807, 2.05) is 43.3 Å². The summed E-state index contributed by atoms with van der Waals surface area (Å²) < 4.78 is 15.8. The van der Waals surface area contributed by atoms with Crippen molar-refractivity contribution in [2.75, 3.05) is 5.32 Å². The van der Waals surface area contributed by atoms with Crippen molar-refractivity contribution in [3.8, 4) is 5.13 Å². The molecule has 0 aliphatic carbocycles. The zero-order chi connectivity index (χ0) is 20.0. The minimum atomic E-state index is -0.311. The lowest BCUT2D eigenvalue weighted by Gasteiger charge is -2.07. The lowest BCUT2D eigenvalue weighted by molar-refractivity contribution is 0.102. The van der Waals surface area contributed by atoms with Crippen LogP contribution in [0.2, 0.25) is 0 Å². The Kier molecular flexibility index (Phi) is 4.10. The number of carbonyl (C=O) groups excluding carboxylic acids is 1. The van der Waals surface area contributed by atoms with Gasteiger partial charge in [0, 0.05) is 11.6 Å². The third-order valence-electron chi connectivity index (χ3n) is 4.61. The molecular weight excluding hydrogens is 387 g/mol. The molecule has 0 unspecified atom stereocenters. The van der Waals surface area contributed by atoms with Crippen molar-refractivity contribution in [3.63, 3.8) is 0 Å². The van der Waals surface area contributed by atoms with Gasteiger partial charge in [0.25, 0.3) is 5.91 Å². The van der Waals surface area contributed by atoms with Crippen molar-refractivity contribution in [1.82, 2.24) is 14.8 Å². The minimum absolute atomic E-state index is 0.232. The predicted molar refractivity (Wildman–Crippen MR) is 113 cm³/mol. The molecule has 7 heteroatoms. The second-order valence-corrected chi connectivity index (χ2v) is 7.72. The maximum atomic E-state index is 13.5. The number of thiazole rings is 1. The van der Waals surface area contributed by atoms with Crippen LogP contribution in [0.25, 0.3) is 26.1 Å². The van der Waals surface area contributed by atoms with Crippen molar-refractivity contribution in [1.29, 1.82) is 0 Å². The van der Waals surface area contributed by atoms with Crippen LogP contribution >= 0.6 is 11.3 Å². The molecule has 0 atom stereocenters. The van der Waals surface area contributed by atoms with Crippen molar-refractivity contribution in [2.24, 2.45) is 0 Å². The number of amides is 1. The Bertz CT molecular complexity index is 1390. The third-order valence-corrected chi connectivity index (χ3v) is 5.60. The quantitative estimate of drug-likeness (QED) is 0.443. The molecule has 0 bridgehead atoms. The number of hydrogen-bond acceptors (Lipinski definition) is 4. The Morgan fingerprint density at radius 1 is 1.03 bits per heavy atom. The lowest BCUT2D eigenvalue weighted by atomic mass is 10.1. The number of nitrogens with one attached hydrogen (secondary N) is 1. The van der Waals surface area contributed by atoms with Gasteiger partial charge in [0.1, 0.15) is 11.6 Å². The van der Waals surface area contributed by atoms with Gasteiger partial charge in [0.2, 0.25) is 5.13 Å². The number of hydrogen-bond donors (Lipinski definition) is 1. The van der Waals surface area contributed by atoms with Crippen LogP contribution < -0.4 is 5.32 Å². The summed E-state index contributed by atoms with van der Waals surface area (Å²) in [6, 6.07) is 19.7. The predicted octanol–water partition coefficient (Wildman–Crippen LogP) is 5.34. The molecule has 0 aliphatic rings. The number of aromatic nitrogens is 3. The van der Waals surface area contributed by atoms with E-state index in [0.717, 1.165) is 21.2 Å². The summed E-state index contributed by atoms with van der Waals surface area (Å²) >= 11 is 1.31. The number of aryl methyl sites for hydroxylation is 1. The summed E-state index contributed by atoms with van der Waals surface area (Å²) in [4.78, 5) is 17.4. The smallest absolute Gasteiger partial charge is 0.256 e. The van der Waals surface area contributed by atoms with Crippen LogP contribution in [-0.2, 0) is 0 Å². The van der Waals surface area contributed by atoms with Crippen molar-refractivity contribution in [2.45, 2.75) is 6.92 Å². The Balaban J connectivity index is 1.50. The van der Waals surface area contributed by atoms with Gasteiger partial charge in [-0.05, 0) is 48.0 Å². The topological polar surface area (TPSA) is 59.8 Å². The molecule has 1 N–H and O–H groups in total. The fraction of sp³-hybridized carbons (Fsp3) is 0.0455. The van der Waals surface area contributed by atoms with Gasteiger partial charge < -0.3 is 5.32 Å². The molecule has 0 fully saturated rings. The summed E-state index contributed by atoms with van der Waals surface area (Å²) in [6.07, 6.45) is 0. The van der Waals surface area contributed by atoms with Crippen LogP contribution in [-0.4, -0.2) is 20.7 Å². The molecule has 29 heavy (non-hydrogen) atoms. The normalized spacial score (nSPS) is 11.2. The zero-order valence-electron chi connectivity index (χ0n) is 15.4. The van der Waals surface area contributed by atoms with Crippen LogP contribution in [0.1, 0.15) is 16.1 Å². The van der Waals surface area contributed by atoms with Crippen LogP contribution in [0, 0.1) is 12.7 Å². The van der Waals surface area contributed by atoms with E-state index >= 15 is 0 Å². The van der Waals surface area contributed by atoms with Gasteiger partial charge in [0.15, 0.2) is 0 Å². The number of halogens is 1. The third kappa shape index (κ3) is 3.25. The molecular formula is C22H15FN4OS. The summed E-state index contributed by atoms with van der Waals surface area (Å²) in [7, 11) is 0. The number of nitrogens with zero attached hydrogens (tertiary/aromatic N) is 3. The molecule has 2 heterocycles. The van der Waals surface area contributed by atoms with E-state index in [1.54, 1.807) is 22.9 Å². The first-order chi connectivity index (χ1) is 14.1. The van der Waals surface area contributed by atoms with E-state index in [2.05, 4.69) is 15.4 Å². The molecule has 3 aromatic carbocycles. The van der Waals surface area contributed by atoms with Crippen molar-refractivity contribution in [3.05, 3.63) is 83.8 Å². The van der Waals surface area contributed by atoms with Gasteiger partial charge in [-0.3, -0.25) is 4.79 Å². The molecule has 0 aliphatic heterocycles. The number of benzene rings is 3. The van der Waals surface area contributed by atoms with Crippen molar-refractivity contribution >= 4 is 44.1 Å². The van der Waals surface area contributed by atoms with E-state index in [-0.39, 0.29) is 11.7 Å². The van der Waals surface area contributed by atoms with Crippen LogP contribution in [0.5, 0.6) is 0 Å². The van der Waals surface area contributed by atoms with Gasteiger partial charge in [-0.2, -0.15) is 9.78 Å². The average molecular weight is 402 g/mol. The highest BCUT2D eigenvalue weighted by atomic mass is 32.1. The van der Waals surface area contributed by atoms with E-state index in [4.69, 9.17) is 0 Å². The fourth-order valence-electron chi connectivity index (χ4n) is 3.23. The number of fused-ring (bicyclic) bond motifs is 2. The molecule has 0 radical (unpaired) electrons. The average Bonchev–Trinajstić information content (AvgIpc) is 3.30. The SMILES string of the molecule is Cc1cc(NC(=O)c2ccc3ccccc3c2)n(-c2nc3ccc(F)cc3s2)n1. The maximum Gasteiger partial charge on any atom is 0.256 e. The van der Waals surface area contributed by atoms with Crippen LogP contribution in [0.4, 0.5) is 10.2 Å². The standard InChI is InChI=1S/C22H15FN4OS/c1-13-10-20(25-21(28)16-7-6-14-4-2-3-5-15(14)11-16)27(26-13)22-24-18-9-8-17(23)12-19(18)29-22/h2-12H,1H3,(H,25,28). The lowest BCUT2D eigenvalue weighted by Crippen LogP contribution is -2.15. The summed E-state index contributed by atoms with van der Waals surface area (Å²) in [5.74, 6) is -0.0292. The fourth-order valence-corrected chi connectivity index (χ4v) is 4.19. The summed E-state index contributed by atoms with van der Waals surface area (Å²) in [6.45, 7) is 1.84. The molecule has 0 saturated carbocycles. The minimum Gasteiger partial charge on any atom is -0.306 e. The van der Waals surface area contributed by atoms with Gasteiger partial charge in [0.05, 0.1) is 15.9 Å². The second-order valence-electron chi connectivity index (χ2n) is 6.71. The Hall–Kier alpha value is -3.58. The van der Waals surface area contributed by atoms with E-state index in [9.17, 15) is 9.18 Å². The first-order valence-electron chi connectivity index (χ1n) is 9.00. The second kappa shape index (κ2) is 6.79. The first kappa shape index (κ1) is 17.5. The van der Waals surface area contributed by atoms with Crippen LogP contribution in [0.3, 0.4) is 0 Å². The largest absolute Gasteiger partial charge is 0.306 e. The van der Waals surface area contributed by atoms with E-state index < -0.39 is 0 Å². The van der Waals surface area contributed by atoms with Gasteiger partial charge >= 0.3 is 0 Å². The van der Waals surface area contributed by atoms with Crippen LogP contribution in [0.15, 0.2) is 66.7 Å². The highest BCUT2D eigenvalue weighted by molar-refractivity contribution is 7.20. The monoisotopic (exact) mass is 402 g/mol. The Morgan fingerprint density at radius 2 is 1.86 bits per heavy atom. The molecule has 142 valence electrons. The van der Waals surface area contributed by atoms with E-state index in [0.29, 0.717) is 22.0 Å². The number of anilines is 1. The number of carbonyl (C=O) groups is 1. The molecule has 5 rings (SSSR count). The number of rotatable bonds is 3. The molecule has 5 aromatic rings. The molecule has 2 aromatic heterocycles. The highest BCUT2D eigenvalue weighted by Gasteiger charge is 2.16. The molecule has 0 spiro atoms. The van der Waals surface area contributed by atoms with E-state index in [1.165, 1.54) is 23.5 Å². The van der Waals surface area contributed by atoms with Gasteiger partial charge in [-0.15, -0.1) is 0 Å². The van der Waals surface area contributed by atoms with Gasteiger partial charge in [-0.1, -0.05) is 41.7 Å². The Labute approximate surface area is 169 Å². The highest BCUT2D eigenvalue weighted by Crippen LogP contribution is 2.28. The van der Waals surface area contributed by atoms with Crippen molar-refractivity contribution < 1.29 is 9.18 Å². The summed E-state index contributed by atoms with van der Waals surface area (Å²) in [5.41, 5.74) is 1.98. The molecule has 0 saturated heterocycles.